The number of anilines is 1. The van der Waals surface area contributed by atoms with E-state index in [1.54, 1.807) is 0 Å². The molecule has 1 N–H and O–H groups in total. The summed E-state index contributed by atoms with van der Waals surface area (Å²) in [5.74, 6) is -1.86. The molecule has 2 aliphatic rings. The van der Waals surface area contributed by atoms with Crippen LogP contribution in [0.25, 0.3) is 0 Å². The highest BCUT2D eigenvalue weighted by molar-refractivity contribution is 5.48. The van der Waals surface area contributed by atoms with Gasteiger partial charge in [0.15, 0.2) is 0 Å². The minimum atomic E-state index is -2.47. The van der Waals surface area contributed by atoms with E-state index in [0.29, 0.717) is 19.0 Å². The molecule has 4 heteroatoms. The second-order valence-electron chi connectivity index (χ2n) is 5.62. The van der Waals surface area contributed by atoms with Gasteiger partial charge in [-0.15, -0.1) is 0 Å². The van der Waals surface area contributed by atoms with E-state index in [2.05, 4.69) is 34.5 Å². The molecule has 19 heavy (non-hydrogen) atoms. The summed E-state index contributed by atoms with van der Waals surface area (Å²) in [6, 6.07) is 8.47. The number of hydrogen-bond acceptors (Lipinski definition) is 2. The summed E-state index contributed by atoms with van der Waals surface area (Å²) < 4.78 is 26.3. The van der Waals surface area contributed by atoms with Crippen molar-refractivity contribution in [3.63, 3.8) is 0 Å². The molecule has 0 aromatic heterocycles. The predicted octanol–water partition coefficient (Wildman–Crippen LogP) is 3.00. The Bertz CT molecular complexity index is 414. The molecule has 1 aromatic rings. The van der Waals surface area contributed by atoms with E-state index in [0.717, 1.165) is 18.8 Å². The smallest absolute Gasteiger partial charge is 0.251 e. The standard InChI is InChI=1S/C15H20F2N2/c16-15(17)6-9-19(10-7-15)14-3-1-12(2-4-14)13-5-8-18-11-13/h1-4,13,18H,5-11H2. The van der Waals surface area contributed by atoms with Gasteiger partial charge in [-0.05, 0) is 36.6 Å². The maximum atomic E-state index is 13.1. The molecule has 0 radical (unpaired) electrons. The normalized spacial score (nSPS) is 26.6. The van der Waals surface area contributed by atoms with E-state index >= 15 is 0 Å². The van der Waals surface area contributed by atoms with Crippen LogP contribution in [0.5, 0.6) is 0 Å². The zero-order chi connectivity index (χ0) is 13.3. The number of benzene rings is 1. The predicted molar refractivity (Wildman–Crippen MR) is 73.1 cm³/mol. The van der Waals surface area contributed by atoms with Crippen LogP contribution in [0, 0.1) is 0 Å². The maximum absolute atomic E-state index is 13.1. The topological polar surface area (TPSA) is 15.3 Å². The number of nitrogens with zero attached hydrogens (tertiary/aromatic N) is 1. The van der Waals surface area contributed by atoms with Crippen molar-refractivity contribution in [1.82, 2.24) is 5.32 Å². The molecule has 0 bridgehead atoms. The van der Waals surface area contributed by atoms with E-state index in [9.17, 15) is 8.78 Å². The average Bonchev–Trinajstić information content (AvgIpc) is 2.93. The zero-order valence-corrected chi connectivity index (χ0v) is 11.0. The first-order valence-corrected chi connectivity index (χ1v) is 7.07. The molecule has 0 spiro atoms. The SMILES string of the molecule is FC1(F)CCN(c2ccc(C3CCNC3)cc2)CC1. The fourth-order valence-electron chi connectivity index (χ4n) is 2.99. The first-order chi connectivity index (χ1) is 9.14. The summed E-state index contributed by atoms with van der Waals surface area (Å²) in [7, 11) is 0. The van der Waals surface area contributed by atoms with E-state index in [1.807, 2.05) is 0 Å². The zero-order valence-electron chi connectivity index (χ0n) is 11.0. The third kappa shape index (κ3) is 2.89. The van der Waals surface area contributed by atoms with Crippen LogP contribution in [0.4, 0.5) is 14.5 Å². The van der Waals surface area contributed by atoms with Crippen molar-refractivity contribution in [2.75, 3.05) is 31.1 Å². The second kappa shape index (κ2) is 5.08. The number of rotatable bonds is 2. The Morgan fingerprint density at radius 2 is 1.79 bits per heavy atom. The van der Waals surface area contributed by atoms with Crippen molar-refractivity contribution in [3.05, 3.63) is 29.8 Å². The Morgan fingerprint density at radius 1 is 1.11 bits per heavy atom. The molecule has 1 unspecified atom stereocenters. The molecular formula is C15H20F2N2. The van der Waals surface area contributed by atoms with Crippen molar-refractivity contribution >= 4 is 5.69 Å². The summed E-state index contributed by atoms with van der Waals surface area (Å²) in [5, 5.41) is 3.36. The summed E-state index contributed by atoms with van der Waals surface area (Å²) in [6.45, 7) is 3.05. The maximum Gasteiger partial charge on any atom is 0.251 e. The van der Waals surface area contributed by atoms with Crippen LogP contribution in [0.3, 0.4) is 0 Å². The van der Waals surface area contributed by atoms with Crippen LogP contribution < -0.4 is 10.2 Å². The molecule has 2 aliphatic heterocycles. The molecule has 2 nitrogen and oxygen atoms in total. The average molecular weight is 266 g/mol. The highest BCUT2D eigenvalue weighted by atomic mass is 19.3. The number of piperidine rings is 1. The van der Waals surface area contributed by atoms with Crippen molar-refractivity contribution in [2.24, 2.45) is 0 Å². The van der Waals surface area contributed by atoms with Crippen LogP contribution in [0.15, 0.2) is 24.3 Å². The quantitative estimate of drug-likeness (QED) is 0.885. The molecule has 1 aromatic carbocycles. The fraction of sp³-hybridized carbons (Fsp3) is 0.600. The Kier molecular flexibility index (Phi) is 3.44. The number of nitrogens with one attached hydrogen (secondary N) is 1. The van der Waals surface area contributed by atoms with Gasteiger partial charge in [-0.25, -0.2) is 8.78 Å². The molecule has 2 fully saturated rings. The summed E-state index contributed by atoms with van der Waals surface area (Å²) in [6.07, 6.45) is 1.14. The number of halogens is 2. The molecule has 104 valence electrons. The van der Waals surface area contributed by atoms with Gasteiger partial charge in [0, 0.05) is 38.2 Å². The van der Waals surface area contributed by atoms with Crippen molar-refractivity contribution in [1.29, 1.82) is 0 Å². The molecule has 0 aliphatic carbocycles. The fourth-order valence-corrected chi connectivity index (χ4v) is 2.99. The van der Waals surface area contributed by atoms with Crippen LogP contribution in [-0.4, -0.2) is 32.1 Å². The largest absolute Gasteiger partial charge is 0.371 e. The lowest BCUT2D eigenvalue weighted by Crippen LogP contribution is -2.39. The first kappa shape index (κ1) is 12.9. The van der Waals surface area contributed by atoms with Gasteiger partial charge >= 0.3 is 0 Å². The Morgan fingerprint density at radius 3 is 2.37 bits per heavy atom. The molecule has 0 amide bonds. The molecule has 0 saturated carbocycles. The molecule has 1 atom stereocenters. The second-order valence-corrected chi connectivity index (χ2v) is 5.62. The minimum absolute atomic E-state index is 0.0265. The number of alkyl halides is 2. The van der Waals surface area contributed by atoms with Gasteiger partial charge in [0.05, 0.1) is 0 Å². The van der Waals surface area contributed by atoms with Gasteiger partial charge in [0.2, 0.25) is 0 Å². The Balaban J connectivity index is 1.66. The highest BCUT2D eigenvalue weighted by Crippen LogP contribution is 2.31. The van der Waals surface area contributed by atoms with Gasteiger partial charge in [-0.3, -0.25) is 0 Å². The van der Waals surface area contributed by atoms with Gasteiger partial charge in [0.1, 0.15) is 0 Å². The Hall–Kier alpha value is -1.16. The molecule has 2 heterocycles. The van der Waals surface area contributed by atoms with Gasteiger partial charge in [-0.1, -0.05) is 12.1 Å². The molecular weight excluding hydrogens is 246 g/mol. The van der Waals surface area contributed by atoms with Gasteiger partial charge in [0.25, 0.3) is 5.92 Å². The number of hydrogen-bond donors (Lipinski definition) is 1. The third-order valence-electron chi connectivity index (χ3n) is 4.28. The van der Waals surface area contributed by atoms with E-state index < -0.39 is 5.92 Å². The lowest BCUT2D eigenvalue weighted by atomic mass is 9.98. The van der Waals surface area contributed by atoms with Gasteiger partial charge in [-0.2, -0.15) is 0 Å². The third-order valence-corrected chi connectivity index (χ3v) is 4.28. The monoisotopic (exact) mass is 266 g/mol. The van der Waals surface area contributed by atoms with Crippen LogP contribution in [0.1, 0.15) is 30.7 Å². The van der Waals surface area contributed by atoms with Crippen molar-refractivity contribution in [3.8, 4) is 0 Å². The molecule has 2 saturated heterocycles. The summed E-state index contributed by atoms with van der Waals surface area (Å²) >= 11 is 0. The lowest BCUT2D eigenvalue weighted by Gasteiger charge is -2.33. The van der Waals surface area contributed by atoms with Crippen molar-refractivity contribution in [2.45, 2.75) is 31.1 Å². The minimum Gasteiger partial charge on any atom is -0.371 e. The van der Waals surface area contributed by atoms with Gasteiger partial charge < -0.3 is 10.2 Å². The highest BCUT2D eigenvalue weighted by Gasteiger charge is 2.34. The van der Waals surface area contributed by atoms with E-state index in [-0.39, 0.29) is 12.8 Å². The molecule has 3 rings (SSSR count). The van der Waals surface area contributed by atoms with Crippen molar-refractivity contribution < 1.29 is 8.78 Å². The van der Waals surface area contributed by atoms with E-state index in [1.165, 1.54) is 12.0 Å². The lowest BCUT2D eigenvalue weighted by molar-refractivity contribution is -0.0220. The van der Waals surface area contributed by atoms with Crippen LogP contribution >= 0.6 is 0 Å². The summed E-state index contributed by atoms with van der Waals surface area (Å²) in [4.78, 5) is 2.06. The van der Waals surface area contributed by atoms with Crippen LogP contribution in [-0.2, 0) is 0 Å². The summed E-state index contributed by atoms with van der Waals surface area (Å²) in [5.41, 5.74) is 2.43. The Labute approximate surface area is 112 Å². The first-order valence-electron chi connectivity index (χ1n) is 7.07. The van der Waals surface area contributed by atoms with Crippen LogP contribution in [0.2, 0.25) is 0 Å². The van der Waals surface area contributed by atoms with E-state index in [4.69, 9.17) is 0 Å².